The Hall–Kier alpha value is -2.49. The molecule has 3 rings (SSSR count). The topological polar surface area (TPSA) is 47.1 Å². The first-order chi connectivity index (χ1) is 9.31. The molecular formula is C15H14N2O2. The highest BCUT2D eigenvalue weighted by Crippen LogP contribution is 2.30. The fourth-order valence-electron chi connectivity index (χ4n) is 2.09. The van der Waals surface area contributed by atoms with E-state index in [0.717, 1.165) is 33.7 Å². The van der Waals surface area contributed by atoms with Gasteiger partial charge in [-0.1, -0.05) is 0 Å². The minimum atomic E-state index is 0.823. The van der Waals surface area contributed by atoms with Crippen LogP contribution in [0.25, 0.3) is 22.2 Å². The van der Waals surface area contributed by atoms with Gasteiger partial charge in [0, 0.05) is 10.9 Å². The van der Waals surface area contributed by atoms with E-state index in [1.165, 1.54) is 0 Å². The van der Waals surface area contributed by atoms with Crippen LogP contribution in [0.4, 0.5) is 0 Å². The summed E-state index contributed by atoms with van der Waals surface area (Å²) in [4.78, 5) is 0. The van der Waals surface area contributed by atoms with Crippen LogP contribution in [0, 0.1) is 0 Å². The summed E-state index contributed by atoms with van der Waals surface area (Å²) >= 11 is 0. The van der Waals surface area contributed by atoms with Crippen LogP contribution in [0.2, 0.25) is 0 Å². The number of aromatic amines is 1. The van der Waals surface area contributed by atoms with Gasteiger partial charge in [-0.25, -0.2) is 0 Å². The van der Waals surface area contributed by atoms with E-state index in [9.17, 15) is 0 Å². The molecule has 0 unspecified atom stereocenters. The first-order valence-corrected chi connectivity index (χ1v) is 5.98. The standard InChI is InChI=1S/C15H14N2O2/c1-18-11-5-3-10(4-6-11)15-13-9-12(19-2)7-8-14(13)16-17-15/h3-9H,1-2H3,(H,16,17). The van der Waals surface area contributed by atoms with Gasteiger partial charge < -0.3 is 9.47 Å². The van der Waals surface area contributed by atoms with Gasteiger partial charge in [0.1, 0.15) is 17.2 Å². The molecule has 0 aliphatic rings. The largest absolute Gasteiger partial charge is 0.497 e. The molecule has 0 saturated heterocycles. The summed E-state index contributed by atoms with van der Waals surface area (Å²) in [5, 5.41) is 8.45. The molecule has 1 aromatic heterocycles. The van der Waals surface area contributed by atoms with Crippen molar-refractivity contribution >= 4 is 10.9 Å². The Kier molecular flexibility index (Phi) is 2.83. The zero-order valence-corrected chi connectivity index (χ0v) is 10.8. The van der Waals surface area contributed by atoms with Crippen molar-refractivity contribution in [2.24, 2.45) is 0 Å². The Morgan fingerprint density at radius 3 is 2.26 bits per heavy atom. The summed E-state index contributed by atoms with van der Waals surface area (Å²) in [5.74, 6) is 1.66. The number of ether oxygens (including phenoxy) is 2. The number of methoxy groups -OCH3 is 2. The number of aromatic nitrogens is 2. The molecule has 0 atom stereocenters. The molecule has 0 fully saturated rings. The molecule has 0 saturated carbocycles. The van der Waals surface area contributed by atoms with Crippen LogP contribution < -0.4 is 9.47 Å². The molecule has 0 spiro atoms. The number of hydrogen-bond donors (Lipinski definition) is 1. The summed E-state index contributed by atoms with van der Waals surface area (Å²) in [7, 11) is 3.32. The van der Waals surface area contributed by atoms with Crippen LogP contribution in [0.15, 0.2) is 42.5 Å². The zero-order valence-electron chi connectivity index (χ0n) is 10.8. The summed E-state index contributed by atoms with van der Waals surface area (Å²) in [6, 6.07) is 13.7. The van der Waals surface area contributed by atoms with Gasteiger partial charge in [0.15, 0.2) is 0 Å². The number of H-pyrrole nitrogens is 1. The molecule has 4 heteroatoms. The predicted octanol–water partition coefficient (Wildman–Crippen LogP) is 3.25. The monoisotopic (exact) mass is 254 g/mol. The van der Waals surface area contributed by atoms with E-state index in [0.29, 0.717) is 0 Å². The van der Waals surface area contributed by atoms with Crippen molar-refractivity contribution in [2.45, 2.75) is 0 Å². The lowest BCUT2D eigenvalue weighted by Crippen LogP contribution is -1.84. The Labute approximate surface area is 111 Å². The van der Waals surface area contributed by atoms with Gasteiger partial charge in [0.05, 0.1) is 19.7 Å². The fraction of sp³-hybridized carbons (Fsp3) is 0.133. The van der Waals surface area contributed by atoms with E-state index in [-0.39, 0.29) is 0 Å². The van der Waals surface area contributed by atoms with Crippen LogP contribution in [0.1, 0.15) is 0 Å². The quantitative estimate of drug-likeness (QED) is 0.780. The second-order valence-electron chi connectivity index (χ2n) is 4.21. The molecule has 0 radical (unpaired) electrons. The van der Waals surface area contributed by atoms with Gasteiger partial charge in [-0.05, 0) is 42.5 Å². The maximum absolute atomic E-state index is 5.26. The van der Waals surface area contributed by atoms with Crippen molar-refractivity contribution in [3.05, 3.63) is 42.5 Å². The number of nitrogens with one attached hydrogen (secondary N) is 1. The molecule has 0 aliphatic heterocycles. The van der Waals surface area contributed by atoms with E-state index in [1.807, 2.05) is 42.5 Å². The van der Waals surface area contributed by atoms with Gasteiger partial charge in [0.25, 0.3) is 0 Å². The van der Waals surface area contributed by atoms with E-state index in [2.05, 4.69) is 10.2 Å². The Balaban J connectivity index is 2.12. The molecule has 19 heavy (non-hydrogen) atoms. The lowest BCUT2D eigenvalue weighted by atomic mass is 10.1. The maximum Gasteiger partial charge on any atom is 0.119 e. The summed E-state index contributed by atoms with van der Waals surface area (Å²) in [6.07, 6.45) is 0. The number of nitrogens with zero attached hydrogens (tertiary/aromatic N) is 1. The Morgan fingerprint density at radius 1 is 0.895 bits per heavy atom. The molecule has 0 aliphatic carbocycles. The molecule has 2 aromatic carbocycles. The Bertz CT molecular complexity index is 702. The predicted molar refractivity (Wildman–Crippen MR) is 74.6 cm³/mol. The van der Waals surface area contributed by atoms with Crippen molar-refractivity contribution in [1.29, 1.82) is 0 Å². The van der Waals surface area contributed by atoms with Crippen LogP contribution in [-0.2, 0) is 0 Å². The van der Waals surface area contributed by atoms with Gasteiger partial charge in [0.2, 0.25) is 0 Å². The molecular weight excluding hydrogens is 240 g/mol. The van der Waals surface area contributed by atoms with Gasteiger partial charge in [-0.15, -0.1) is 0 Å². The molecule has 96 valence electrons. The molecule has 0 amide bonds. The van der Waals surface area contributed by atoms with Gasteiger partial charge in [-0.2, -0.15) is 5.10 Å². The lowest BCUT2D eigenvalue weighted by molar-refractivity contribution is 0.415. The van der Waals surface area contributed by atoms with Crippen molar-refractivity contribution < 1.29 is 9.47 Å². The minimum absolute atomic E-state index is 0.823. The molecule has 1 N–H and O–H groups in total. The minimum Gasteiger partial charge on any atom is -0.497 e. The van der Waals surface area contributed by atoms with Crippen LogP contribution in [0.3, 0.4) is 0 Å². The zero-order chi connectivity index (χ0) is 13.2. The number of fused-ring (bicyclic) bond motifs is 1. The van der Waals surface area contributed by atoms with Crippen LogP contribution >= 0.6 is 0 Å². The van der Waals surface area contributed by atoms with Crippen LogP contribution in [0.5, 0.6) is 11.5 Å². The number of hydrogen-bond acceptors (Lipinski definition) is 3. The maximum atomic E-state index is 5.26. The third-order valence-electron chi connectivity index (χ3n) is 3.13. The van der Waals surface area contributed by atoms with Crippen molar-refractivity contribution in [1.82, 2.24) is 10.2 Å². The van der Waals surface area contributed by atoms with Crippen molar-refractivity contribution in [3.8, 4) is 22.8 Å². The third-order valence-corrected chi connectivity index (χ3v) is 3.13. The van der Waals surface area contributed by atoms with Crippen LogP contribution in [-0.4, -0.2) is 24.4 Å². The summed E-state index contributed by atoms with van der Waals surface area (Å²) in [5.41, 5.74) is 2.95. The van der Waals surface area contributed by atoms with Gasteiger partial charge >= 0.3 is 0 Å². The Morgan fingerprint density at radius 2 is 1.58 bits per heavy atom. The highest BCUT2D eigenvalue weighted by Gasteiger charge is 2.09. The first-order valence-electron chi connectivity index (χ1n) is 5.98. The third kappa shape index (κ3) is 2.01. The number of benzene rings is 2. The normalized spacial score (nSPS) is 10.6. The second kappa shape index (κ2) is 4.65. The fourth-order valence-corrected chi connectivity index (χ4v) is 2.09. The molecule has 1 heterocycles. The average Bonchev–Trinajstić information content (AvgIpc) is 2.90. The van der Waals surface area contributed by atoms with E-state index < -0.39 is 0 Å². The van der Waals surface area contributed by atoms with E-state index in [4.69, 9.17) is 9.47 Å². The SMILES string of the molecule is COc1ccc(-c2n[nH]c3ccc(OC)cc23)cc1. The molecule has 0 bridgehead atoms. The summed E-state index contributed by atoms with van der Waals surface area (Å²) in [6.45, 7) is 0. The smallest absolute Gasteiger partial charge is 0.119 e. The van der Waals surface area contributed by atoms with Crippen molar-refractivity contribution in [3.63, 3.8) is 0 Å². The van der Waals surface area contributed by atoms with Gasteiger partial charge in [-0.3, -0.25) is 5.10 Å². The number of rotatable bonds is 3. The van der Waals surface area contributed by atoms with Crippen molar-refractivity contribution in [2.75, 3.05) is 14.2 Å². The highest BCUT2D eigenvalue weighted by atomic mass is 16.5. The average molecular weight is 254 g/mol. The lowest BCUT2D eigenvalue weighted by Gasteiger charge is -2.02. The first kappa shape index (κ1) is 11.6. The highest BCUT2D eigenvalue weighted by molar-refractivity contribution is 5.93. The summed E-state index contributed by atoms with van der Waals surface area (Å²) < 4.78 is 10.4. The second-order valence-corrected chi connectivity index (χ2v) is 4.21. The van der Waals surface area contributed by atoms with E-state index in [1.54, 1.807) is 14.2 Å². The molecule has 3 aromatic rings. The molecule has 4 nitrogen and oxygen atoms in total. The van der Waals surface area contributed by atoms with E-state index >= 15 is 0 Å².